The minimum Gasteiger partial charge on any atom is -0.338 e. The van der Waals surface area contributed by atoms with Crippen molar-refractivity contribution < 1.29 is 4.79 Å². The Kier molecular flexibility index (Phi) is 4.59. The van der Waals surface area contributed by atoms with Gasteiger partial charge in [0.1, 0.15) is 0 Å². The van der Waals surface area contributed by atoms with E-state index in [1.54, 1.807) is 0 Å². The van der Waals surface area contributed by atoms with E-state index in [1.807, 2.05) is 25.7 Å². The molecule has 0 radical (unpaired) electrons. The van der Waals surface area contributed by atoms with Gasteiger partial charge in [0, 0.05) is 12.6 Å². The van der Waals surface area contributed by atoms with Crippen LogP contribution in [0.1, 0.15) is 53.9 Å². The van der Waals surface area contributed by atoms with Crippen LogP contribution in [-0.2, 0) is 4.79 Å². The first-order valence-corrected chi connectivity index (χ1v) is 6.83. The van der Waals surface area contributed by atoms with Crippen LogP contribution in [0.3, 0.4) is 0 Å². The van der Waals surface area contributed by atoms with E-state index in [0.29, 0.717) is 12.0 Å². The Balaban J connectivity index is 2.65. The smallest absolute Gasteiger partial charge is 0.240 e. The Hall–Kier alpha value is -0.570. The summed E-state index contributed by atoms with van der Waals surface area (Å²) in [6.07, 6.45) is 3.56. The van der Waals surface area contributed by atoms with Crippen LogP contribution in [0.4, 0.5) is 0 Å². The summed E-state index contributed by atoms with van der Waals surface area (Å²) < 4.78 is 0. The third-order valence-electron chi connectivity index (χ3n) is 3.84. The summed E-state index contributed by atoms with van der Waals surface area (Å²) in [4.78, 5) is 14.3. The Morgan fingerprint density at radius 3 is 2.53 bits per heavy atom. The van der Waals surface area contributed by atoms with Gasteiger partial charge in [0.2, 0.25) is 5.91 Å². The van der Waals surface area contributed by atoms with Crippen LogP contribution in [0.2, 0.25) is 0 Å². The largest absolute Gasteiger partial charge is 0.338 e. The van der Waals surface area contributed by atoms with Crippen LogP contribution >= 0.6 is 0 Å². The maximum Gasteiger partial charge on any atom is 0.240 e. The molecule has 100 valence electrons. The average molecular weight is 240 g/mol. The van der Waals surface area contributed by atoms with Crippen molar-refractivity contribution in [2.75, 3.05) is 6.54 Å². The zero-order valence-electron chi connectivity index (χ0n) is 12.0. The fourth-order valence-corrected chi connectivity index (χ4v) is 2.62. The Bertz CT molecular complexity index is 270. The first kappa shape index (κ1) is 14.5. The lowest BCUT2D eigenvalue weighted by molar-refractivity contribution is -0.135. The molecule has 0 spiro atoms. The van der Waals surface area contributed by atoms with Crippen molar-refractivity contribution in [3.05, 3.63) is 0 Å². The highest BCUT2D eigenvalue weighted by Crippen LogP contribution is 2.29. The van der Waals surface area contributed by atoms with Gasteiger partial charge in [-0.1, -0.05) is 34.1 Å². The number of likely N-dealkylation sites (tertiary alicyclic amines) is 1. The van der Waals surface area contributed by atoms with E-state index in [9.17, 15) is 4.79 Å². The van der Waals surface area contributed by atoms with Gasteiger partial charge in [-0.15, -0.1) is 0 Å². The highest BCUT2D eigenvalue weighted by molar-refractivity contribution is 5.83. The Labute approximate surface area is 106 Å². The predicted molar refractivity (Wildman–Crippen MR) is 71.6 cm³/mol. The van der Waals surface area contributed by atoms with Crippen LogP contribution in [0.25, 0.3) is 0 Å². The number of rotatable bonds is 3. The topological polar surface area (TPSA) is 46.3 Å². The van der Waals surface area contributed by atoms with Gasteiger partial charge in [-0.2, -0.15) is 0 Å². The standard InChI is InChI=1S/C14H28N2O/c1-6-7-11-8-10(2)16(9-11)13(17)12(15)14(3,4)5/h10-12H,6-9,15H2,1-5H3. The summed E-state index contributed by atoms with van der Waals surface area (Å²) in [5, 5.41) is 0. The maximum atomic E-state index is 12.4. The lowest BCUT2D eigenvalue weighted by atomic mass is 9.86. The molecule has 17 heavy (non-hydrogen) atoms. The fourth-order valence-electron chi connectivity index (χ4n) is 2.62. The molecule has 3 nitrogen and oxygen atoms in total. The molecule has 0 aliphatic carbocycles. The maximum absolute atomic E-state index is 12.4. The Morgan fingerprint density at radius 1 is 1.47 bits per heavy atom. The molecule has 3 atom stereocenters. The summed E-state index contributed by atoms with van der Waals surface area (Å²) in [5.74, 6) is 0.801. The quantitative estimate of drug-likeness (QED) is 0.823. The molecule has 3 unspecified atom stereocenters. The SMILES string of the molecule is CCCC1CC(C)N(C(=O)C(N)C(C)(C)C)C1. The summed E-state index contributed by atoms with van der Waals surface area (Å²) in [5.41, 5.74) is 5.91. The van der Waals surface area contributed by atoms with Crippen molar-refractivity contribution in [2.45, 2.75) is 66.0 Å². The van der Waals surface area contributed by atoms with E-state index in [2.05, 4.69) is 13.8 Å². The number of nitrogens with zero attached hydrogens (tertiary/aromatic N) is 1. The van der Waals surface area contributed by atoms with Gasteiger partial charge in [0.15, 0.2) is 0 Å². The number of nitrogens with two attached hydrogens (primary N) is 1. The molecular weight excluding hydrogens is 212 g/mol. The highest BCUT2D eigenvalue weighted by atomic mass is 16.2. The van der Waals surface area contributed by atoms with E-state index in [4.69, 9.17) is 5.73 Å². The van der Waals surface area contributed by atoms with Crippen molar-refractivity contribution in [1.29, 1.82) is 0 Å². The molecule has 1 aliphatic rings. The Morgan fingerprint density at radius 2 is 2.06 bits per heavy atom. The van der Waals surface area contributed by atoms with Crippen LogP contribution in [0.15, 0.2) is 0 Å². The van der Waals surface area contributed by atoms with Gasteiger partial charge in [-0.05, 0) is 31.1 Å². The molecule has 0 bridgehead atoms. The fraction of sp³-hybridized carbons (Fsp3) is 0.929. The minimum atomic E-state index is -0.384. The van der Waals surface area contributed by atoms with Crippen molar-refractivity contribution in [3.63, 3.8) is 0 Å². The van der Waals surface area contributed by atoms with Crippen molar-refractivity contribution >= 4 is 5.91 Å². The summed E-state index contributed by atoms with van der Waals surface area (Å²) in [6, 6.07) is -0.0298. The zero-order chi connectivity index (χ0) is 13.2. The van der Waals surface area contributed by atoms with E-state index < -0.39 is 0 Å². The molecule has 2 N–H and O–H groups in total. The molecule has 0 aromatic carbocycles. The van der Waals surface area contributed by atoms with Gasteiger partial charge in [0.25, 0.3) is 0 Å². The number of hydrogen-bond acceptors (Lipinski definition) is 2. The lowest BCUT2D eigenvalue weighted by Crippen LogP contribution is -2.51. The molecule has 1 amide bonds. The molecule has 0 aromatic rings. The summed E-state index contributed by atoms with van der Waals surface area (Å²) in [6.45, 7) is 11.3. The van der Waals surface area contributed by atoms with Crippen molar-refractivity contribution in [3.8, 4) is 0 Å². The molecule has 0 saturated carbocycles. The van der Waals surface area contributed by atoms with Gasteiger partial charge >= 0.3 is 0 Å². The first-order valence-electron chi connectivity index (χ1n) is 6.83. The van der Waals surface area contributed by atoms with E-state index in [0.717, 1.165) is 13.0 Å². The second-order valence-electron chi connectivity index (χ2n) is 6.57. The summed E-state index contributed by atoms with van der Waals surface area (Å²) >= 11 is 0. The molecule has 0 aromatic heterocycles. The molecule has 1 fully saturated rings. The monoisotopic (exact) mass is 240 g/mol. The van der Waals surface area contributed by atoms with Crippen molar-refractivity contribution in [2.24, 2.45) is 17.1 Å². The molecule has 3 heteroatoms. The number of carbonyl (C=O) groups is 1. The molecule has 1 aliphatic heterocycles. The van der Waals surface area contributed by atoms with Crippen LogP contribution in [0.5, 0.6) is 0 Å². The van der Waals surface area contributed by atoms with E-state index in [1.165, 1.54) is 12.8 Å². The lowest BCUT2D eigenvalue weighted by Gasteiger charge is -2.32. The average Bonchev–Trinajstić information content (AvgIpc) is 2.56. The number of carbonyl (C=O) groups excluding carboxylic acids is 1. The number of hydrogen-bond donors (Lipinski definition) is 1. The van der Waals surface area contributed by atoms with Gasteiger partial charge in [-0.3, -0.25) is 4.79 Å². The molecule has 1 heterocycles. The molecular formula is C14H28N2O. The van der Waals surface area contributed by atoms with Crippen LogP contribution in [-0.4, -0.2) is 29.4 Å². The third kappa shape index (κ3) is 3.44. The van der Waals surface area contributed by atoms with E-state index >= 15 is 0 Å². The second kappa shape index (κ2) is 5.38. The first-order chi connectivity index (χ1) is 7.77. The summed E-state index contributed by atoms with van der Waals surface area (Å²) in [7, 11) is 0. The minimum absolute atomic E-state index is 0.128. The number of amides is 1. The van der Waals surface area contributed by atoms with Gasteiger partial charge in [0.05, 0.1) is 6.04 Å². The molecule has 1 rings (SSSR count). The van der Waals surface area contributed by atoms with E-state index in [-0.39, 0.29) is 17.4 Å². The van der Waals surface area contributed by atoms with Gasteiger partial charge < -0.3 is 10.6 Å². The van der Waals surface area contributed by atoms with Gasteiger partial charge in [-0.25, -0.2) is 0 Å². The van der Waals surface area contributed by atoms with Crippen LogP contribution < -0.4 is 5.73 Å². The third-order valence-corrected chi connectivity index (χ3v) is 3.84. The zero-order valence-corrected chi connectivity index (χ0v) is 12.0. The highest BCUT2D eigenvalue weighted by Gasteiger charge is 2.37. The normalized spacial score (nSPS) is 27.3. The second-order valence-corrected chi connectivity index (χ2v) is 6.57. The molecule has 1 saturated heterocycles. The predicted octanol–water partition coefficient (Wildman–Crippen LogP) is 2.40. The van der Waals surface area contributed by atoms with Crippen LogP contribution in [0, 0.1) is 11.3 Å². The van der Waals surface area contributed by atoms with Crippen molar-refractivity contribution in [1.82, 2.24) is 4.90 Å².